The molecule has 14 heavy (non-hydrogen) atoms. The van der Waals surface area contributed by atoms with Gasteiger partial charge < -0.3 is 10.1 Å². The topological polar surface area (TPSA) is 29.1 Å². The predicted molar refractivity (Wildman–Crippen MR) is 55.9 cm³/mol. The maximum absolute atomic E-state index is 10.4. The molecule has 1 aromatic rings. The molecular weight excluding hydrogens is 174 g/mol. The molecule has 1 aliphatic rings. The highest BCUT2D eigenvalue weighted by molar-refractivity contribution is 5.55. The quantitative estimate of drug-likeness (QED) is 0.731. The van der Waals surface area contributed by atoms with Gasteiger partial charge in [0, 0.05) is 18.5 Å². The molecule has 1 N–H and O–H groups in total. The molecule has 0 atom stereocenters. The molecular formula is C12H15NO. The molecule has 0 aromatic heterocycles. The fraction of sp³-hybridized carbons (Fsp3) is 0.417. The van der Waals surface area contributed by atoms with Crippen LogP contribution in [-0.4, -0.2) is 12.3 Å². The summed E-state index contributed by atoms with van der Waals surface area (Å²) in [5.41, 5.74) is 1.31. The van der Waals surface area contributed by atoms with Gasteiger partial charge in [-0.25, -0.2) is 0 Å². The fourth-order valence-corrected chi connectivity index (χ4v) is 1.80. The molecule has 1 aromatic carbocycles. The number of hydrogen-bond acceptors (Lipinski definition) is 2. The van der Waals surface area contributed by atoms with Crippen molar-refractivity contribution >= 4 is 6.29 Å². The lowest BCUT2D eigenvalue weighted by atomic mass is 9.81. The van der Waals surface area contributed by atoms with Crippen molar-refractivity contribution in [2.45, 2.75) is 25.4 Å². The van der Waals surface area contributed by atoms with Crippen LogP contribution in [0, 0.1) is 5.92 Å². The third-order valence-electron chi connectivity index (χ3n) is 2.80. The first kappa shape index (κ1) is 9.41. The average Bonchev–Trinajstić information content (AvgIpc) is 2.17. The van der Waals surface area contributed by atoms with Gasteiger partial charge in [0.25, 0.3) is 0 Å². The largest absolute Gasteiger partial charge is 0.310 e. The molecule has 0 saturated heterocycles. The van der Waals surface area contributed by atoms with Crippen LogP contribution in [0.4, 0.5) is 0 Å². The van der Waals surface area contributed by atoms with E-state index in [2.05, 4.69) is 17.4 Å². The van der Waals surface area contributed by atoms with Gasteiger partial charge in [0.1, 0.15) is 6.29 Å². The summed E-state index contributed by atoms with van der Waals surface area (Å²) in [4.78, 5) is 10.4. The zero-order valence-electron chi connectivity index (χ0n) is 8.15. The second kappa shape index (κ2) is 4.38. The Morgan fingerprint density at radius 2 is 2.00 bits per heavy atom. The third kappa shape index (κ3) is 2.20. The Hall–Kier alpha value is -1.15. The first-order valence-electron chi connectivity index (χ1n) is 5.11. The van der Waals surface area contributed by atoms with Gasteiger partial charge >= 0.3 is 0 Å². The Morgan fingerprint density at radius 3 is 2.64 bits per heavy atom. The first-order chi connectivity index (χ1) is 6.88. The second-order valence-corrected chi connectivity index (χ2v) is 3.93. The lowest BCUT2D eigenvalue weighted by Gasteiger charge is -2.32. The maximum Gasteiger partial charge on any atom is 0.123 e. The molecule has 2 rings (SSSR count). The first-order valence-corrected chi connectivity index (χ1v) is 5.11. The van der Waals surface area contributed by atoms with Crippen LogP contribution in [0.1, 0.15) is 18.4 Å². The summed E-state index contributed by atoms with van der Waals surface area (Å²) in [5.74, 6) is 0.309. The van der Waals surface area contributed by atoms with Crippen molar-refractivity contribution in [2.75, 3.05) is 0 Å². The van der Waals surface area contributed by atoms with Crippen molar-refractivity contribution in [1.82, 2.24) is 5.32 Å². The van der Waals surface area contributed by atoms with Crippen molar-refractivity contribution in [3.63, 3.8) is 0 Å². The monoisotopic (exact) mass is 189 g/mol. The van der Waals surface area contributed by atoms with E-state index in [4.69, 9.17) is 0 Å². The summed E-state index contributed by atoms with van der Waals surface area (Å²) < 4.78 is 0. The molecule has 1 saturated carbocycles. The standard InChI is InChI=1S/C12H15NO/c14-9-11-6-12(7-11)13-8-10-4-2-1-3-5-10/h1-5,9,11-13H,6-8H2. The van der Waals surface area contributed by atoms with Crippen molar-refractivity contribution < 1.29 is 4.79 Å². The summed E-state index contributed by atoms with van der Waals surface area (Å²) in [6, 6.07) is 10.9. The van der Waals surface area contributed by atoms with E-state index < -0.39 is 0 Å². The van der Waals surface area contributed by atoms with Crippen molar-refractivity contribution in [2.24, 2.45) is 5.92 Å². The highest BCUT2D eigenvalue weighted by atomic mass is 16.1. The number of carbonyl (C=O) groups is 1. The van der Waals surface area contributed by atoms with Crippen molar-refractivity contribution in [3.05, 3.63) is 35.9 Å². The highest BCUT2D eigenvalue weighted by Gasteiger charge is 2.27. The van der Waals surface area contributed by atoms with Gasteiger partial charge in [-0.05, 0) is 18.4 Å². The minimum Gasteiger partial charge on any atom is -0.310 e. The van der Waals surface area contributed by atoms with Crippen LogP contribution in [0.5, 0.6) is 0 Å². The van der Waals surface area contributed by atoms with Crippen LogP contribution >= 0.6 is 0 Å². The molecule has 0 bridgehead atoms. The number of hydrogen-bond donors (Lipinski definition) is 1. The van der Waals surface area contributed by atoms with Gasteiger partial charge in [0.05, 0.1) is 0 Å². The number of rotatable bonds is 4. The molecule has 1 aliphatic carbocycles. The SMILES string of the molecule is O=CC1CC(NCc2ccccc2)C1. The molecule has 0 spiro atoms. The molecule has 0 amide bonds. The number of benzene rings is 1. The predicted octanol–water partition coefficient (Wildman–Crippen LogP) is 1.75. The van der Waals surface area contributed by atoms with E-state index in [1.807, 2.05) is 18.2 Å². The molecule has 0 heterocycles. The van der Waals surface area contributed by atoms with E-state index in [-0.39, 0.29) is 0 Å². The summed E-state index contributed by atoms with van der Waals surface area (Å²) in [6.45, 7) is 0.914. The molecule has 2 nitrogen and oxygen atoms in total. The van der Waals surface area contributed by atoms with Gasteiger partial charge in [-0.2, -0.15) is 0 Å². The van der Waals surface area contributed by atoms with E-state index in [9.17, 15) is 4.79 Å². The number of carbonyl (C=O) groups excluding carboxylic acids is 1. The van der Waals surface area contributed by atoms with E-state index in [1.54, 1.807) is 0 Å². The molecule has 0 unspecified atom stereocenters. The van der Waals surface area contributed by atoms with Crippen LogP contribution in [-0.2, 0) is 11.3 Å². The van der Waals surface area contributed by atoms with Gasteiger partial charge in [-0.15, -0.1) is 0 Å². The Labute approximate surface area is 84.3 Å². The van der Waals surface area contributed by atoms with Gasteiger partial charge in [-0.3, -0.25) is 0 Å². The van der Waals surface area contributed by atoms with E-state index in [0.717, 1.165) is 25.7 Å². The smallest absolute Gasteiger partial charge is 0.123 e. The van der Waals surface area contributed by atoms with Crippen molar-refractivity contribution in [3.8, 4) is 0 Å². The lowest BCUT2D eigenvalue weighted by molar-refractivity contribution is -0.113. The second-order valence-electron chi connectivity index (χ2n) is 3.93. The van der Waals surface area contributed by atoms with E-state index in [0.29, 0.717) is 12.0 Å². The van der Waals surface area contributed by atoms with Gasteiger partial charge in [0.15, 0.2) is 0 Å². The molecule has 0 aliphatic heterocycles. The Morgan fingerprint density at radius 1 is 1.29 bits per heavy atom. The van der Waals surface area contributed by atoms with Crippen LogP contribution in [0.3, 0.4) is 0 Å². The summed E-state index contributed by atoms with van der Waals surface area (Å²) in [7, 11) is 0. The number of nitrogens with one attached hydrogen (secondary N) is 1. The normalized spacial score (nSPS) is 25.4. The van der Waals surface area contributed by atoms with E-state index >= 15 is 0 Å². The summed E-state index contributed by atoms with van der Waals surface area (Å²) in [5, 5.41) is 3.44. The molecule has 1 fully saturated rings. The average molecular weight is 189 g/mol. The zero-order valence-corrected chi connectivity index (χ0v) is 8.15. The highest BCUT2D eigenvalue weighted by Crippen LogP contribution is 2.25. The maximum atomic E-state index is 10.4. The van der Waals surface area contributed by atoms with Crippen molar-refractivity contribution in [1.29, 1.82) is 0 Å². The number of aldehydes is 1. The zero-order chi connectivity index (χ0) is 9.80. The Balaban J connectivity index is 1.72. The summed E-state index contributed by atoms with van der Waals surface area (Å²) in [6.07, 6.45) is 3.09. The molecule has 2 heteroatoms. The minimum atomic E-state index is 0.309. The summed E-state index contributed by atoms with van der Waals surface area (Å²) >= 11 is 0. The minimum absolute atomic E-state index is 0.309. The van der Waals surface area contributed by atoms with Gasteiger partial charge in [-0.1, -0.05) is 30.3 Å². The molecule has 74 valence electrons. The van der Waals surface area contributed by atoms with Crippen LogP contribution in [0.2, 0.25) is 0 Å². The van der Waals surface area contributed by atoms with Gasteiger partial charge in [0.2, 0.25) is 0 Å². The van der Waals surface area contributed by atoms with Crippen LogP contribution in [0.15, 0.2) is 30.3 Å². The van der Waals surface area contributed by atoms with Crippen LogP contribution in [0.25, 0.3) is 0 Å². The molecule has 0 radical (unpaired) electrons. The Kier molecular flexibility index (Phi) is 2.94. The third-order valence-corrected chi connectivity index (χ3v) is 2.80. The van der Waals surface area contributed by atoms with E-state index in [1.165, 1.54) is 5.56 Å². The lowest BCUT2D eigenvalue weighted by Crippen LogP contribution is -2.41. The van der Waals surface area contributed by atoms with Crippen LogP contribution < -0.4 is 5.32 Å². The fourth-order valence-electron chi connectivity index (χ4n) is 1.80. The Bertz CT molecular complexity index is 290.